The Bertz CT molecular complexity index is 550. The smallest absolute Gasteiger partial charge is 0.339 e. The van der Waals surface area contributed by atoms with Crippen molar-refractivity contribution in [3.05, 3.63) is 69.7 Å². The molecule has 0 saturated heterocycles. The first-order valence-corrected chi connectivity index (χ1v) is 6.44. The van der Waals surface area contributed by atoms with Gasteiger partial charge in [-0.05, 0) is 40.0 Å². The van der Waals surface area contributed by atoms with Crippen LogP contribution in [-0.4, -0.2) is 5.97 Å². The van der Waals surface area contributed by atoms with Crippen LogP contribution < -0.4 is 0 Å². The summed E-state index contributed by atoms with van der Waals surface area (Å²) in [7, 11) is 0. The van der Waals surface area contributed by atoms with Crippen LogP contribution in [0.5, 0.6) is 0 Å². The van der Waals surface area contributed by atoms with Gasteiger partial charge in [-0.2, -0.15) is 0 Å². The number of aryl methyl sites for hydroxylation is 1. The second-order valence-electron chi connectivity index (χ2n) is 4.00. The zero-order valence-electron chi connectivity index (χ0n) is 10.0. The lowest BCUT2D eigenvalue weighted by Gasteiger charge is -2.07. The lowest BCUT2D eigenvalue weighted by Crippen LogP contribution is -2.06. The van der Waals surface area contributed by atoms with Crippen LogP contribution in [0.15, 0.2) is 53.0 Å². The summed E-state index contributed by atoms with van der Waals surface area (Å²) in [4.78, 5) is 11.9. The summed E-state index contributed by atoms with van der Waals surface area (Å²) in [5.74, 6) is -0.311. The van der Waals surface area contributed by atoms with E-state index in [2.05, 4.69) is 15.9 Å². The fraction of sp³-hybridized carbons (Fsp3) is 0.133. The number of carbonyl (C=O) groups is 1. The number of ether oxygens (including phenoxy) is 1. The molecular formula is C15H13BrO2. The average molecular weight is 305 g/mol. The van der Waals surface area contributed by atoms with Crippen molar-refractivity contribution in [2.24, 2.45) is 0 Å². The van der Waals surface area contributed by atoms with Crippen LogP contribution in [0.4, 0.5) is 0 Å². The number of hydrogen-bond acceptors (Lipinski definition) is 2. The van der Waals surface area contributed by atoms with E-state index in [1.807, 2.05) is 49.4 Å². The van der Waals surface area contributed by atoms with Crippen molar-refractivity contribution in [1.82, 2.24) is 0 Å². The molecule has 0 fully saturated rings. The summed E-state index contributed by atoms with van der Waals surface area (Å²) >= 11 is 3.41. The maximum Gasteiger partial charge on any atom is 0.339 e. The normalized spacial score (nSPS) is 10.1. The quantitative estimate of drug-likeness (QED) is 0.798. The fourth-order valence-corrected chi connectivity index (χ4v) is 2.03. The molecule has 0 aliphatic carbocycles. The highest BCUT2D eigenvalue weighted by molar-refractivity contribution is 9.10. The minimum absolute atomic E-state index is 0.292. The van der Waals surface area contributed by atoms with Crippen molar-refractivity contribution >= 4 is 21.9 Å². The van der Waals surface area contributed by atoms with Crippen molar-refractivity contribution in [2.75, 3.05) is 0 Å². The van der Waals surface area contributed by atoms with Gasteiger partial charge in [0.05, 0.1) is 5.56 Å². The Balaban J connectivity index is 2.07. The number of benzene rings is 2. The molecule has 0 bridgehead atoms. The number of hydrogen-bond donors (Lipinski definition) is 0. The van der Waals surface area contributed by atoms with E-state index in [0.29, 0.717) is 12.2 Å². The monoisotopic (exact) mass is 304 g/mol. The molecule has 0 aliphatic rings. The van der Waals surface area contributed by atoms with Crippen molar-refractivity contribution in [3.8, 4) is 0 Å². The van der Waals surface area contributed by atoms with Gasteiger partial charge in [0, 0.05) is 4.47 Å². The number of carbonyl (C=O) groups excluding carboxylic acids is 1. The number of halogens is 1. The maximum absolute atomic E-state index is 11.9. The summed E-state index contributed by atoms with van der Waals surface area (Å²) in [6.07, 6.45) is 0. The number of rotatable bonds is 3. The van der Waals surface area contributed by atoms with E-state index < -0.39 is 0 Å². The van der Waals surface area contributed by atoms with Crippen LogP contribution in [0.2, 0.25) is 0 Å². The Hall–Kier alpha value is -1.61. The van der Waals surface area contributed by atoms with Crippen LogP contribution >= 0.6 is 15.9 Å². The molecule has 0 saturated carbocycles. The largest absolute Gasteiger partial charge is 0.457 e. The first-order valence-electron chi connectivity index (χ1n) is 5.64. The minimum Gasteiger partial charge on any atom is -0.457 e. The van der Waals surface area contributed by atoms with E-state index in [4.69, 9.17) is 4.74 Å². The Morgan fingerprint density at radius 1 is 1.11 bits per heavy atom. The SMILES string of the molecule is Cc1cccc(C(=O)OCc2ccccc2)c1Br. The molecule has 2 nitrogen and oxygen atoms in total. The average Bonchev–Trinajstić information content (AvgIpc) is 2.40. The van der Waals surface area contributed by atoms with Gasteiger partial charge in [0.15, 0.2) is 0 Å². The molecule has 0 radical (unpaired) electrons. The van der Waals surface area contributed by atoms with Gasteiger partial charge >= 0.3 is 5.97 Å². The predicted molar refractivity (Wildman–Crippen MR) is 74.4 cm³/mol. The van der Waals surface area contributed by atoms with Gasteiger partial charge in [-0.3, -0.25) is 0 Å². The molecule has 0 aliphatic heterocycles. The molecule has 92 valence electrons. The first-order chi connectivity index (χ1) is 8.68. The summed E-state index contributed by atoms with van der Waals surface area (Å²) in [5, 5.41) is 0. The van der Waals surface area contributed by atoms with Gasteiger partial charge in [-0.25, -0.2) is 4.79 Å². The number of esters is 1. The van der Waals surface area contributed by atoms with Crippen molar-refractivity contribution in [1.29, 1.82) is 0 Å². The van der Waals surface area contributed by atoms with Gasteiger partial charge in [0.25, 0.3) is 0 Å². The van der Waals surface area contributed by atoms with E-state index in [9.17, 15) is 4.79 Å². The van der Waals surface area contributed by atoms with Gasteiger partial charge in [-0.15, -0.1) is 0 Å². The zero-order chi connectivity index (χ0) is 13.0. The highest BCUT2D eigenvalue weighted by atomic mass is 79.9. The van der Waals surface area contributed by atoms with E-state index in [-0.39, 0.29) is 5.97 Å². The maximum atomic E-state index is 11.9. The molecule has 0 spiro atoms. The van der Waals surface area contributed by atoms with Crippen LogP contribution in [0.3, 0.4) is 0 Å². The van der Waals surface area contributed by atoms with E-state index in [0.717, 1.165) is 15.6 Å². The predicted octanol–water partition coefficient (Wildman–Crippen LogP) is 4.11. The van der Waals surface area contributed by atoms with Gasteiger partial charge < -0.3 is 4.74 Å². The summed E-state index contributed by atoms with van der Waals surface area (Å²) in [6, 6.07) is 15.2. The summed E-state index contributed by atoms with van der Waals surface area (Å²) in [6.45, 7) is 2.23. The lowest BCUT2D eigenvalue weighted by atomic mass is 10.1. The fourth-order valence-electron chi connectivity index (χ4n) is 1.61. The van der Waals surface area contributed by atoms with Crippen LogP contribution in [-0.2, 0) is 11.3 Å². The van der Waals surface area contributed by atoms with Crippen molar-refractivity contribution in [2.45, 2.75) is 13.5 Å². The highest BCUT2D eigenvalue weighted by Gasteiger charge is 2.12. The summed E-state index contributed by atoms with van der Waals surface area (Å²) < 4.78 is 6.08. The lowest BCUT2D eigenvalue weighted by molar-refractivity contribution is 0.0471. The minimum atomic E-state index is -0.311. The van der Waals surface area contributed by atoms with Gasteiger partial charge in [0.2, 0.25) is 0 Å². The molecule has 0 unspecified atom stereocenters. The molecule has 18 heavy (non-hydrogen) atoms. The van der Waals surface area contributed by atoms with E-state index >= 15 is 0 Å². The third-order valence-electron chi connectivity index (χ3n) is 2.62. The third kappa shape index (κ3) is 2.99. The van der Waals surface area contributed by atoms with Crippen LogP contribution in [0, 0.1) is 6.92 Å². The van der Waals surface area contributed by atoms with Crippen molar-refractivity contribution < 1.29 is 9.53 Å². The molecule has 2 aromatic rings. The van der Waals surface area contributed by atoms with Gasteiger partial charge in [0.1, 0.15) is 6.61 Å². The second kappa shape index (κ2) is 5.83. The molecule has 0 aromatic heterocycles. The first kappa shape index (κ1) is 12.8. The molecular weight excluding hydrogens is 292 g/mol. The standard InChI is InChI=1S/C15H13BrO2/c1-11-6-5-9-13(14(11)16)15(17)18-10-12-7-3-2-4-8-12/h2-9H,10H2,1H3. The molecule has 2 aromatic carbocycles. The molecule has 0 amide bonds. The van der Waals surface area contributed by atoms with E-state index in [1.54, 1.807) is 6.07 Å². The zero-order valence-corrected chi connectivity index (χ0v) is 11.6. The second-order valence-corrected chi connectivity index (χ2v) is 4.79. The molecule has 3 heteroatoms. The topological polar surface area (TPSA) is 26.3 Å². The van der Waals surface area contributed by atoms with E-state index in [1.165, 1.54) is 0 Å². The van der Waals surface area contributed by atoms with Gasteiger partial charge in [-0.1, -0.05) is 42.5 Å². The Morgan fingerprint density at radius 3 is 2.56 bits per heavy atom. The molecule has 0 atom stereocenters. The van der Waals surface area contributed by atoms with Crippen molar-refractivity contribution in [3.63, 3.8) is 0 Å². The third-order valence-corrected chi connectivity index (χ3v) is 3.68. The highest BCUT2D eigenvalue weighted by Crippen LogP contribution is 2.22. The Kier molecular flexibility index (Phi) is 4.15. The Labute approximate surface area is 115 Å². The Morgan fingerprint density at radius 2 is 1.83 bits per heavy atom. The van der Waals surface area contributed by atoms with Crippen LogP contribution in [0.1, 0.15) is 21.5 Å². The summed E-state index contributed by atoms with van der Waals surface area (Å²) in [5.41, 5.74) is 2.56. The van der Waals surface area contributed by atoms with Crippen LogP contribution in [0.25, 0.3) is 0 Å². The molecule has 2 rings (SSSR count). The molecule has 0 heterocycles. The molecule has 0 N–H and O–H groups in total.